The van der Waals surface area contributed by atoms with E-state index in [1.54, 1.807) is 12.1 Å². The Kier molecular flexibility index (Phi) is 4.54. The van der Waals surface area contributed by atoms with Gasteiger partial charge < -0.3 is 5.32 Å². The van der Waals surface area contributed by atoms with Crippen LogP contribution in [0.2, 0.25) is 0 Å². The lowest BCUT2D eigenvalue weighted by Crippen LogP contribution is -2.11. The highest BCUT2D eigenvalue weighted by atomic mass is 79.9. The van der Waals surface area contributed by atoms with Crippen molar-refractivity contribution in [3.8, 4) is 0 Å². The maximum atomic E-state index is 12.7. The minimum atomic E-state index is -4.50. The Balaban J connectivity index is 2.33. The van der Waals surface area contributed by atoms with Crippen molar-refractivity contribution < 1.29 is 13.2 Å². The van der Waals surface area contributed by atoms with Gasteiger partial charge in [0.25, 0.3) is 0 Å². The Morgan fingerprint density at radius 2 is 1.80 bits per heavy atom. The van der Waals surface area contributed by atoms with Crippen molar-refractivity contribution in [1.82, 2.24) is 9.97 Å². The predicted molar refractivity (Wildman–Crippen MR) is 74.8 cm³/mol. The van der Waals surface area contributed by atoms with E-state index in [-0.39, 0.29) is 11.0 Å². The molecule has 1 heterocycles. The number of benzene rings is 1. The van der Waals surface area contributed by atoms with Gasteiger partial charge in [-0.05, 0) is 24.3 Å². The molecule has 106 valence electrons. The van der Waals surface area contributed by atoms with Gasteiger partial charge in [0.2, 0.25) is 5.95 Å². The highest BCUT2D eigenvalue weighted by Crippen LogP contribution is 2.33. The van der Waals surface area contributed by atoms with Gasteiger partial charge in [0.05, 0.1) is 0 Å². The molecule has 0 radical (unpaired) electrons. The van der Waals surface area contributed by atoms with E-state index in [2.05, 4.69) is 31.2 Å². The summed E-state index contributed by atoms with van der Waals surface area (Å²) in [5.41, 5.74) is -0.962. The monoisotopic (exact) mass is 363 g/mol. The number of hydrogen-bond acceptors (Lipinski definition) is 4. The fourth-order valence-electron chi connectivity index (χ4n) is 1.36. The fraction of sp³-hybridized carbons (Fsp3) is 0.167. The van der Waals surface area contributed by atoms with Crippen molar-refractivity contribution in [1.29, 1.82) is 0 Å². The third-order valence-electron chi connectivity index (χ3n) is 2.25. The summed E-state index contributed by atoms with van der Waals surface area (Å²) in [6.45, 7) is 0. The molecule has 2 aromatic rings. The number of halogens is 4. The molecule has 2 rings (SSSR count). The van der Waals surface area contributed by atoms with E-state index in [1.807, 2.05) is 12.1 Å². The average Bonchev–Trinajstić information content (AvgIpc) is 2.40. The van der Waals surface area contributed by atoms with Crippen LogP contribution in [0.1, 0.15) is 5.69 Å². The maximum absolute atomic E-state index is 12.7. The van der Waals surface area contributed by atoms with Gasteiger partial charge in [-0.2, -0.15) is 13.2 Å². The van der Waals surface area contributed by atoms with E-state index in [0.717, 1.165) is 27.2 Å². The lowest BCUT2D eigenvalue weighted by Gasteiger charge is -2.09. The second-order valence-corrected chi connectivity index (χ2v) is 5.73. The van der Waals surface area contributed by atoms with Crippen molar-refractivity contribution in [2.75, 3.05) is 12.4 Å². The van der Waals surface area contributed by atoms with Crippen molar-refractivity contribution in [2.24, 2.45) is 0 Å². The lowest BCUT2D eigenvalue weighted by molar-refractivity contribution is -0.141. The van der Waals surface area contributed by atoms with Crippen molar-refractivity contribution in [3.05, 3.63) is 40.5 Å². The second kappa shape index (κ2) is 6.01. The Morgan fingerprint density at radius 3 is 2.35 bits per heavy atom. The smallest absolute Gasteiger partial charge is 0.357 e. The highest BCUT2D eigenvalue weighted by Gasteiger charge is 2.33. The van der Waals surface area contributed by atoms with Crippen LogP contribution in [0.15, 0.2) is 44.7 Å². The summed E-state index contributed by atoms with van der Waals surface area (Å²) in [6, 6.07) is 8.15. The Hall–Kier alpha value is -1.28. The number of aromatic nitrogens is 2. The molecule has 0 atom stereocenters. The number of hydrogen-bond donors (Lipinski definition) is 1. The van der Waals surface area contributed by atoms with Crippen molar-refractivity contribution >= 4 is 33.6 Å². The molecule has 0 saturated carbocycles. The SMILES string of the molecule is CNc1nc(Sc2ccc(Br)cc2)cc(C(F)(F)F)n1. The molecule has 1 aromatic carbocycles. The average molecular weight is 364 g/mol. The summed E-state index contributed by atoms with van der Waals surface area (Å²) in [5.74, 6) is -0.0561. The van der Waals surface area contributed by atoms with Crippen LogP contribution >= 0.6 is 27.7 Å². The summed E-state index contributed by atoms with van der Waals surface area (Å²) in [4.78, 5) is 8.22. The molecule has 0 aliphatic rings. The van der Waals surface area contributed by atoms with E-state index in [0.29, 0.717) is 0 Å². The molecule has 0 spiro atoms. The van der Waals surface area contributed by atoms with Gasteiger partial charge in [0, 0.05) is 22.5 Å². The zero-order valence-corrected chi connectivity index (χ0v) is 12.6. The largest absolute Gasteiger partial charge is 0.433 e. The Bertz CT molecular complexity index is 602. The first-order valence-electron chi connectivity index (χ1n) is 5.46. The van der Waals surface area contributed by atoms with Gasteiger partial charge in [-0.1, -0.05) is 27.7 Å². The standard InChI is InChI=1S/C12H9BrF3N3S/c1-17-11-18-9(12(14,15)16)6-10(19-11)20-8-4-2-7(13)3-5-8/h2-6H,1H3,(H,17,18,19). The maximum Gasteiger partial charge on any atom is 0.433 e. The molecule has 0 aliphatic carbocycles. The predicted octanol–water partition coefficient (Wildman–Crippen LogP) is 4.45. The summed E-state index contributed by atoms with van der Waals surface area (Å²) in [7, 11) is 1.48. The van der Waals surface area contributed by atoms with Gasteiger partial charge in [0.1, 0.15) is 5.03 Å². The molecule has 0 amide bonds. The van der Waals surface area contributed by atoms with E-state index in [9.17, 15) is 13.2 Å². The summed E-state index contributed by atoms with van der Waals surface area (Å²) >= 11 is 4.44. The normalized spacial score (nSPS) is 11.4. The molecule has 0 aliphatic heterocycles. The highest BCUT2D eigenvalue weighted by molar-refractivity contribution is 9.10. The molecule has 3 nitrogen and oxygen atoms in total. The first-order valence-corrected chi connectivity index (χ1v) is 7.07. The molecule has 0 saturated heterocycles. The minimum absolute atomic E-state index is 0.0561. The first kappa shape index (κ1) is 15.1. The van der Waals surface area contributed by atoms with Gasteiger partial charge in [0.15, 0.2) is 5.69 Å². The molecule has 1 N–H and O–H groups in total. The van der Waals surface area contributed by atoms with Crippen LogP contribution in [0.3, 0.4) is 0 Å². The van der Waals surface area contributed by atoms with Crippen LogP contribution in [-0.4, -0.2) is 17.0 Å². The molecule has 0 bridgehead atoms. The van der Waals surface area contributed by atoms with Crippen LogP contribution in [-0.2, 0) is 6.18 Å². The third-order valence-corrected chi connectivity index (χ3v) is 3.71. The van der Waals surface area contributed by atoms with Crippen LogP contribution in [0.5, 0.6) is 0 Å². The van der Waals surface area contributed by atoms with E-state index < -0.39 is 11.9 Å². The summed E-state index contributed by atoms with van der Waals surface area (Å²) in [6.07, 6.45) is -4.50. The number of nitrogens with one attached hydrogen (secondary N) is 1. The molecular formula is C12H9BrF3N3S. The van der Waals surface area contributed by atoms with E-state index in [4.69, 9.17) is 0 Å². The van der Waals surface area contributed by atoms with Gasteiger partial charge in [-0.15, -0.1) is 0 Å². The Morgan fingerprint density at radius 1 is 1.15 bits per heavy atom. The van der Waals surface area contributed by atoms with Gasteiger partial charge in [-0.25, -0.2) is 9.97 Å². The minimum Gasteiger partial charge on any atom is -0.357 e. The van der Waals surface area contributed by atoms with Crippen LogP contribution in [0.25, 0.3) is 0 Å². The van der Waals surface area contributed by atoms with Gasteiger partial charge in [-0.3, -0.25) is 0 Å². The zero-order chi connectivity index (χ0) is 14.8. The number of nitrogens with zero attached hydrogens (tertiary/aromatic N) is 2. The molecule has 8 heteroatoms. The number of rotatable bonds is 3. The first-order chi connectivity index (χ1) is 9.38. The topological polar surface area (TPSA) is 37.8 Å². The van der Waals surface area contributed by atoms with Crippen molar-refractivity contribution in [3.63, 3.8) is 0 Å². The van der Waals surface area contributed by atoms with Gasteiger partial charge >= 0.3 is 6.18 Å². The van der Waals surface area contributed by atoms with E-state index in [1.165, 1.54) is 7.05 Å². The Labute approximate surface area is 126 Å². The third kappa shape index (κ3) is 3.86. The van der Waals surface area contributed by atoms with Crippen LogP contribution in [0, 0.1) is 0 Å². The number of anilines is 1. The molecule has 0 fully saturated rings. The fourth-order valence-corrected chi connectivity index (χ4v) is 2.44. The van der Waals surface area contributed by atoms with Crippen LogP contribution < -0.4 is 5.32 Å². The van der Waals surface area contributed by atoms with Crippen LogP contribution in [0.4, 0.5) is 19.1 Å². The molecule has 1 aromatic heterocycles. The second-order valence-electron chi connectivity index (χ2n) is 3.72. The quantitative estimate of drug-likeness (QED) is 0.817. The lowest BCUT2D eigenvalue weighted by atomic mass is 10.4. The molecule has 0 unspecified atom stereocenters. The molecule has 20 heavy (non-hydrogen) atoms. The number of alkyl halides is 3. The zero-order valence-electron chi connectivity index (χ0n) is 10.2. The van der Waals surface area contributed by atoms with Crippen molar-refractivity contribution in [2.45, 2.75) is 16.1 Å². The van der Waals surface area contributed by atoms with E-state index >= 15 is 0 Å². The molecular weight excluding hydrogens is 355 g/mol. The summed E-state index contributed by atoms with van der Waals surface area (Å²) < 4.78 is 39.1. The summed E-state index contributed by atoms with van der Waals surface area (Å²) in [5, 5.41) is 2.77.